The fourth-order valence-electron chi connectivity index (χ4n) is 1.85. The number of hydrogen-bond donors (Lipinski definition) is 0. The second-order valence-electron chi connectivity index (χ2n) is 3.99. The van der Waals surface area contributed by atoms with E-state index in [0.29, 0.717) is 0 Å². The summed E-state index contributed by atoms with van der Waals surface area (Å²) in [5.41, 5.74) is 5.77. The van der Waals surface area contributed by atoms with Crippen LogP contribution in [0.4, 0.5) is 0 Å². The highest BCUT2D eigenvalue weighted by Gasteiger charge is 2.15. The molecule has 0 aromatic rings. The highest BCUT2D eigenvalue weighted by molar-refractivity contribution is 5.33. The lowest BCUT2D eigenvalue weighted by Crippen LogP contribution is -2.10. The van der Waals surface area contributed by atoms with Gasteiger partial charge in [0.1, 0.15) is 0 Å². The molecule has 14 heavy (non-hydrogen) atoms. The number of hydrogen-bond acceptors (Lipinski definition) is 2. The Labute approximate surface area is 86.6 Å². The third-order valence-electron chi connectivity index (χ3n) is 2.82. The van der Waals surface area contributed by atoms with Crippen LogP contribution in [0.1, 0.15) is 26.7 Å². The van der Waals surface area contributed by atoms with E-state index >= 15 is 0 Å². The zero-order valence-electron chi connectivity index (χ0n) is 9.64. The van der Waals surface area contributed by atoms with E-state index in [1.54, 1.807) is 14.2 Å². The summed E-state index contributed by atoms with van der Waals surface area (Å²) in [5.74, 6) is 0. The smallest absolute Gasteiger partial charge is 0.0679 e. The van der Waals surface area contributed by atoms with Crippen LogP contribution in [0.3, 0.4) is 0 Å². The molecule has 0 amide bonds. The Hall–Kier alpha value is -0.600. The van der Waals surface area contributed by atoms with Crippen LogP contribution < -0.4 is 0 Å². The molecule has 1 aliphatic carbocycles. The molecular weight excluding hydrogens is 176 g/mol. The molecule has 0 aromatic heterocycles. The molecule has 0 unspecified atom stereocenters. The van der Waals surface area contributed by atoms with E-state index in [1.165, 1.54) is 22.3 Å². The van der Waals surface area contributed by atoms with Crippen molar-refractivity contribution in [1.29, 1.82) is 0 Å². The maximum Gasteiger partial charge on any atom is 0.0679 e. The van der Waals surface area contributed by atoms with Crippen LogP contribution in [0.2, 0.25) is 0 Å². The molecule has 0 N–H and O–H groups in total. The van der Waals surface area contributed by atoms with Gasteiger partial charge in [-0.05, 0) is 37.8 Å². The first-order chi connectivity index (χ1) is 6.69. The van der Waals surface area contributed by atoms with Crippen molar-refractivity contribution in [2.45, 2.75) is 26.7 Å². The topological polar surface area (TPSA) is 18.5 Å². The molecule has 0 saturated carbocycles. The maximum atomic E-state index is 5.21. The molecule has 0 fully saturated rings. The summed E-state index contributed by atoms with van der Waals surface area (Å²) in [6.45, 7) is 5.88. The van der Waals surface area contributed by atoms with Crippen molar-refractivity contribution in [2.24, 2.45) is 0 Å². The van der Waals surface area contributed by atoms with E-state index in [1.807, 2.05) is 0 Å². The van der Waals surface area contributed by atoms with E-state index in [4.69, 9.17) is 9.47 Å². The van der Waals surface area contributed by atoms with Gasteiger partial charge in [0.15, 0.2) is 0 Å². The Morgan fingerprint density at radius 3 is 1.50 bits per heavy atom. The minimum absolute atomic E-state index is 0.739. The minimum atomic E-state index is 0.739. The second kappa shape index (κ2) is 5.32. The van der Waals surface area contributed by atoms with Gasteiger partial charge in [-0.3, -0.25) is 0 Å². The number of rotatable bonds is 4. The van der Waals surface area contributed by atoms with Crippen LogP contribution in [0.5, 0.6) is 0 Å². The number of ether oxygens (including phenoxy) is 2. The fourth-order valence-corrected chi connectivity index (χ4v) is 1.85. The van der Waals surface area contributed by atoms with Gasteiger partial charge in [-0.1, -0.05) is 11.1 Å². The van der Waals surface area contributed by atoms with Crippen molar-refractivity contribution in [3.8, 4) is 0 Å². The Balaban J connectivity index is 2.76. The van der Waals surface area contributed by atoms with Gasteiger partial charge < -0.3 is 9.47 Å². The quantitative estimate of drug-likeness (QED) is 0.644. The second-order valence-corrected chi connectivity index (χ2v) is 3.99. The van der Waals surface area contributed by atoms with Gasteiger partial charge in [0.2, 0.25) is 0 Å². The van der Waals surface area contributed by atoms with Crippen LogP contribution in [0, 0.1) is 0 Å². The molecule has 0 aromatic carbocycles. The molecule has 1 rings (SSSR count). The monoisotopic (exact) mass is 196 g/mol. The van der Waals surface area contributed by atoms with Crippen molar-refractivity contribution in [3.05, 3.63) is 22.3 Å². The van der Waals surface area contributed by atoms with E-state index < -0.39 is 0 Å². The average Bonchev–Trinajstić information content (AvgIpc) is 2.14. The maximum absolute atomic E-state index is 5.21. The molecule has 0 spiro atoms. The zero-order valence-corrected chi connectivity index (χ0v) is 9.64. The molecule has 0 heterocycles. The Morgan fingerprint density at radius 2 is 1.21 bits per heavy atom. The van der Waals surface area contributed by atoms with Crippen molar-refractivity contribution in [1.82, 2.24) is 0 Å². The lowest BCUT2D eigenvalue weighted by Gasteiger charge is -2.22. The lowest BCUT2D eigenvalue weighted by atomic mass is 9.88. The first-order valence-electron chi connectivity index (χ1n) is 5.02. The molecule has 0 saturated heterocycles. The third kappa shape index (κ3) is 2.69. The standard InChI is InChI=1S/C12H20O2/c1-9-5-11(7-13-3)12(8-14-4)6-10(9)2/h5-8H2,1-4H3. The van der Waals surface area contributed by atoms with Crippen LogP contribution in [-0.4, -0.2) is 27.4 Å². The SMILES string of the molecule is COCC1=C(COC)CC(C)=C(C)C1. The summed E-state index contributed by atoms with van der Waals surface area (Å²) in [6.07, 6.45) is 2.11. The van der Waals surface area contributed by atoms with Gasteiger partial charge in [0, 0.05) is 14.2 Å². The molecule has 0 radical (unpaired) electrons. The van der Waals surface area contributed by atoms with Crippen molar-refractivity contribution < 1.29 is 9.47 Å². The van der Waals surface area contributed by atoms with E-state index in [0.717, 1.165) is 26.1 Å². The number of methoxy groups -OCH3 is 2. The fraction of sp³-hybridized carbons (Fsp3) is 0.667. The highest BCUT2D eigenvalue weighted by Crippen LogP contribution is 2.29. The van der Waals surface area contributed by atoms with Crippen LogP contribution in [0.25, 0.3) is 0 Å². The number of allylic oxidation sites excluding steroid dienone is 2. The van der Waals surface area contributed by atoms with Gasteiger partial charge >= 0.3 is 0 Å². The van der Waals surface area contributed by atoms with Gasteiger partial charge in [-0.15, -0.1) is 0 Å². The molecule has 2 heteroatoms. The van der Waals surface area contributed by atoms with E-state index in [-0.39, 0.29) is 0 Å². The summed E-state index contributed by atoms with van der Waals surface area (Å²) < 4.78 is 10.4. The Morgan fingerprint density at radius 1 is 0.857 bits per heavy atom. The summed E-state index contributed by atoms with van der Waals surface area (Å²) in [6, 6.07) is 0. The predicted molar refractivity (Wildman–Crippen MR) is 58.4 cm³/mol. The first-order valence-corrected chi connectivity index (χ1v) is 5.02. The Kier molecular flexibility index (Phi) is 4.36. The van der Waals surface area contributed by atoms with Gasteiger partial charge in [-0.2, -0.15) is 0 Å². The van der Waals surface area contributed by atoms with Crippen LogP contribution in [0.15, 0.2) is 22.3 Å². The van der Waals surface area contributed by atoms with Crippen molar-refractivity contribution in [2.75, 3.05) is 27.4 Å². The molecule has 2 nitrogen and oxygen atoms in total. The molecule has 0 bridgehead atoms. The summed E-state index contributed by atoms with van der Waals surface area (Å²) in [7, 11) is 3.50. The van der Waals surface area contributed by atoms with Gasteiger partial charge in [0.25, 0.3) is 0 Å². The summed E-state index contributed by atoms with van der Waals surface area (Å²) in [4.78, 5) is 0. The van der Waals surface area contributed by atoms with Crippen LogP contribution in [-0.2, 0) is 9.47 Å². The summed E-state index contributed by atoms with van der Waals surface area (Å²) in [5, 5.41) is 0. The zero-order chi connectivity index (χ0) is 10.6. The molecule has 1 aliphatic rings. The van der Waals surface area contributed by atoms with Gasteiger partial charge in [-0.25, -0.2) is 0 Å². The van der Waals surface area contributed by atoms with Crippen molar-refractivity contribution >= 4 is 0 Å². The van der Waals surface area contributed by atoms with Crippen molar-refractivity contribution in [3.63, 3.8) is 0 Å². The normalized spacial score (nSPS) is 18.0. The minimum Gasteiger partial charge on any atom is -0.380 e. The average molecular weight is 196 g/mol. The molecular formula is C12H20O2. The molecule has 80 valence electrons. The summed E-state index contributed by atoms with van der Waals surface area (Å²) >= 11 is 0. The van der Waals surface area contributed by atoms with Crippen LogP contribution >= 0.6 is 0 Å². The first kappa shape index (κ1) is 11.5. The molecule has 0 atom stereocenters. The predicted octanol–water partition coefficient (Wildman–Crippen LogP) is 2.71. The largest absolute Gasteiger partial charge is 0.380 e. The third-order valence-corrected chi connectivity index (χ3v) is 2.82. The Bertz CT molecular complexity index is 235. The van der Waals surface area contributed by atoms with E-state index in [9.17, 15) is 0 Å². The highest BCUT2D eigenvalue weighted by atomic mass is 16.5. The van der Waals surface area contributed by atoms with Gasteiger partial charge in [0.05, 0.1) is 13.2 Å². The molecule has 0 aliphatic heterocycles. The van der Waals surface area contributed by atoms with E-state index in [2.05, 4.69) is 13.8 Å². The lowest BCUT2D eigenvalue weighted by molar-refractivity contribution is 0.207.